The summed E-state index contributed by atoms with van der Waals surface area (Å²) in [5, 5.41) is 10.8. The number of aromatic nitrogens is 4. The van der Waals surface area contributed by atoms with Gasteiger partial charge in [0.2, 0.25) is 0 Å². The molecule has 6 rings (SSSR count). The van der Waals surface area contributed by atoms with Crippen molar-refractivity contribution in [2.24, 2.45) is 0 Å². The van der Waals surface area contributed by atoms with E-state index in [1.165, 1.54) is 21.0 Å². The Hall–Kier alpha value is -2.04. The van der Waals surface area contributed by atoms with Gasteiger partial charge in [-0.3, -0.25) is 14.5 Å². The first kappa shape index (κ1) is 23.7. The number of likely N-dealkylation sites (tertiary alicyclic amines) is 1. The van der Waals surface area contributed by atoms with Gasteiger partial charge in [0, 0.05) is 37.0 Å². The molecule has 0 radical (unpaired) electrons. The second kappa shape index (κ2) is 9.91. The quantitative estimate of drug-likeness (QED) is 0.430. The van der Waals surface area contributed by atoms with Crippen LogP contribution in [0.5, 0.6) is 0 Å². The third kappa shape index (κ3) is 4.47. The van der Waals surface area contributed by atoms with E-state index in [2.05, 4.69) is 55.6 Å². The van der Waals surface area contributed by atoms with Gasteiger partial charge in [-0.15, -0.1) is 35.1 Å². The highest BCUT2D eigenvalue weighted by molar-refractivity contribution is 7.18. The van der Waals surface area contributed by atoms with Crippen LogP contribution in [0.3, 0.4) is 0 Å². The van der Waals surface area contributed by atoms with Gasteiger partial charge in [-0.05, 0) is 62.5 Å². The van der Waals surface area contributed by atoms with E-state index in [0.717, 1.165) is 67.9 Å². The van der Waals surface area contributed by atoms with E-state index in [1.807, 2.05) is 4.57 Å². The fourth-order valence-corrected chi connectivity index (χ4v) is 7.06. The smallest absolute Gasteiger partial charge is 0.262 e. The van der Waals surface area contributed by atoms with Crippen LogP contribution in [0.25, 0.3) is 20.8 Å². The van der Waals surface area contributed by atoms with Crippen LogP contribution in [0.2, 0.25) is 0 Å². The van der Waals surface area contributed by atoms with Crippen molar-refractivity contribution in [3.8, 4) is 10.6 Å². The third-order valence-corrected chi connectivity index (χ3v) is 9.09. The van der Waals surface area contributed by atoms with Crippen molar-refractivity contribution in [1.82, 2.24) is 29.5 Å². The second-order valence-electron chi connectivity index (χ2n) is 9.21. The number of H-pyrrole nitrogens is 1. The molecule has 4 aromatic rings. The summed E-state index contributed by atoms with van der Waals surface area (Å²) in [5.74, 6) is 0.502. The van der Waals surface area contributed by atoms with E-state index in [1.54, 1.807) is 29.0 Å². The van der Waals surface area contributed by atoms with Crippen LogP contribution >= 0.6 is 35.1 Å². The van der Waals surface area contributed by atoms with E-state index >= 15 is 0 Å². The van der Waals surface area contributed by atoms with Gasteiger partial charge in [-0.2, -0.15) is 5.10 Å². The molecular formula is C24H29ClN6OS2. The van der Waals surface area contributed by atoms with Gasteiger partial charge in [-0.1, -0.05) is 6.07 Å². The van der Waals surface area contributed by atoms with Crippen molar-refractivity contribution < 1.29 is 0 Å². The number of likely N-dealkylation sites (N-methyl/N-ethyl adjacent to an activating group) is 1. The SMILES string of the molecule is CN1CCc2c(sc3ncn(CCN4CCC(c5cc(-c6cccs6)[nH]n5)CC4)c(=O)c23)C1.Cl. The number of rotatable bonds is 5. The first-order valence-corrected chi connectivity index (χ1v) is 13.3. The summed E-state index contributed by atoms with van der Waals surface area (Å²) in [6.07, 6.45) is 4.90. The largest absolute Gasteiger partial charge is 0.302 e. The number of hydrogen-bond acceptors (Lipinski definition) is 7. The van der Waals surface area contributed by atoms with Crippen LogP contribution in [0, 0.1) is 0 Å². The number of aromatic amines is 1. The molecule has 1 saturated heterocycles. The molecule has 0 saturated carbocycles. The zero-order valence-electron chi connectivity index (χ0n) is 19.2. The summed E-state index contributed by atoms with van der Waals surface area (Å²) in [5.41, 5.74) is 3.67. The molecule has 0 unspecified atom stereocenters. The molecule has 0 bridgehead atoms. The van der Waals surface area contributed by atoms with Gasteiger partial charge in [-0.25, -0.2) is 4.98 Å². The Balaban J connectivity index is 0.00000241. The fraction of sp³-hybridized carbons (Fsp3) is 0.458. The van der Waals surface area contributed by atoms with Gasteiger partial charge in [0.1, 0.15) is 4.83 Å². The minimum atomic E-state index is 0. The van der Waals surface area contributed by atoms with Gasteiger partial charge in [0.15, 0.2) is 0 Å². The Kier molecular flexibility index (Phi) is 6.90. The summed E-state index contributed by atoms with van der Waals surface area (Å²) in [6.45, 7) is 5.59. The van der Waals surface area contributed by atoms with Crippen molar-refractivity contribution >= 4 is 45.3 Å². The van der Waals surface area contributed by atoms with Crippen molar-refractivity contribution in [1.29, 1.82) is 0 Å². The normalized spacial score (nSPS) is 17.7. The number of nitrogens with zero attached hydrogens (tertiary/aromatic N) is 5. The molecule has 2 aliphatic heterocycles. The van der Waals surface area contributed by atoms with Crippen LogP contribution in [0.15, 0.2) is 34.7 Å². The highest BCUT2D eigenvalue weighted by atomic mass is 35.5. The summed E-state index contributed by atoms with van der Waals surface area (Å²) in [6, 6.07) is 6.41. The van der Waals surface area contributed by atoms with E-state index < -0.39 is 0 Å². The zero-order valence-corrected chi connectivity index (χ0v) is 21.6. The van der Waals surface area contributed by atoms with Crippen molar-refractivity contribution in [2.75, 3.05) is 33.2 Å². The molecule has 0 atom stereocenters. The maximum atomic E-state index is 13.2. The first-order valence-electron chi connectivity index (χ1n) is 11.7. The van der Waals surface area contributed by atoms with Crippen molar-refractivity contribution in [3.63, 3.8) is 0 Å². The number of halogens is 1. The van der Waals surface area contributed by atoms with Crippen LogP contribution in [0.1, 0.15) is 34.9 Å². The second-order valence-corrected chi connectivity index (χ2v) is 11.2. The number of nitrogens with one attached hydrogen (secondary N) is 1. The lowest BCUT2D eigenvalue weighted by Gasteiger charge is -2.31. The predicted octanol–water partition coefficient (Wildman–Crippen LogP) is 4.20. The summed E-state index contributed by atoms with van der Waals surface area (Å²) >= 11 is 3.42. The lowest BCUT2D eigenvalue weighted by Crippen LogP contribution is -2.37. The van der Waals surface area contributed by atoms with E-state index in [4.69, 9.17) is 0 Å². The average molecular weight is 517 g/mol. The zero-order chi connectivity index (χ0) is 22.4. The fourth-order valence-electron chi connectivity index (χ4n) is 5.11. The average Bonchev–Trinajstić information content (AvgIpc) is 3.58. The molecule has 1 N–H and O–H groups in total. The molecule has 180 valence electrons. The van der Waals surface area contributed by atoms with E-state index in [0.29, 0.717) is 12.5 Å². The molecule has 7 nitrogen and oxygen atoms in total. The van der Waals surface area contributed by atoms with Crippen molar-refractivity contribution in [2.45, 2.75) is 38.3 Å². The molecule has 1 fully saturated rings. The topological polar surface area (TPSA) is 70.1 Å². The molecule has 10 heteroatoms. The van der Waals surface area contributed by atoms with E-state index in [9.17, 15) is 4.79 Å². The third-order valence-electron chi connectivity index (χ3n) is 7.07. The van der Waals surface area contributed by atoms with Crippen LogP contribution in [-0.4, -0.2) is 62.8 Å². The predicted molar refractivity (Wildman–Crippen MR) is 141 cm³/mol. The van der Waals surface area contributed by atoms with Gasteiger partial charge < -0.3 is 9.80 Å². The van der Waals surface area contributed by atoms with Gasteiger partial charge in [0.25, 0.3) is 5.56 Å². The Morgan fingerprint density at radius 2 is 2.06 bits per heavy atom. The Bertz CT molecular complexity index is 1320. The molecular weight excluding hydrogens is 488 g/mol. The maximum absolute atomic E-state index is 13.2. The van der Waals surface area contributed by atoms with Crippen LogP contribution in [-0.2, 0) is 19.5 Å². The molecule has 0 amide bonds. The number of piperidine rings is 1. The maximum Gasteiger partial charge on any atom is 0.262 e. The van der Waals surface area contributed by atoms with Gasteiger partial charge >= 0.3 is 0 Å². The van der Waals surface area contributed by atoms with E-state index in [-0.39, 0.29) is 18.0 Å². The van der Waals surface area contributed by atoms with Crippen LogP contribution < -0.4 is 5.56 Å². The Morgan fingerprint density at radius 1 is 1.21 bits per heavy atom. The summed E-state index contributed by atoms with van der Waals surface area (Å²) in [4.78, 5) is 26.1. The standard InChI is InChI=1S/C24H28N6OS2.ClH/c1-28-7-6-17-21(14-28)33-23-22(17)24(31)30(15-25-23)11-10-29-8-4-16(5-9-29)18-13-19(27-26-18)20-3-2-12-32-20;/h2-3,12-13,15-16H,4-11,14H2,1H3,(H,26,27);1H. The summed E-state index contributed by atoms with van der Waals surface area (Å²) < 4.78 is 1.82. The molecule has 4 aromatic heterocycles. The minimum Gasteiger partial charge on any atom is -0.302 e. The Labute approximate surface area is 212 Å². The molecule has 6 heterocycles. The molecule has 0 aliphatic carbocycles. The highest BCUT2D eigenvalue weighted by Gasteiger charge is 2.24. The number of thiophene rings is 2. The molecule has 2 aliphatic rings. The van der Waals surface area contributed by atoms with Crippen molar-refractivity contribution in [3.05, 3.63) is 56.4 Å². The lowest BCUT2D eigenvalue weighted by molar-refractivity contribution is 0.203. The number of fused-ring (bicyclic) bond motifs is 3. The minimum absolute atomic E-state index is 0. The lowest BCUT2D eigenvalue weighted by atomic mass is 9.93. The summed E-state index contributed by atoms with van der Waals surface area (Å²) in [7, 11) is 2.14. The first-order chi connectivity index (χ1) is 16.2. The molecule has 34 heavy (non-hydrogen) atoms. The molecule has 0 spiro atoms. The van der Waals surface area contributed by atoms with Crippen LogP contribution in [0.4, 0.5) is 0 Å². The monoisotopic (exact) mass is 516 g/mol. The van der Waals surface area contributed by atoms with Gasteiger partial charge in [0.05, 0.1) is 28.0 Å². The highest BCUT2D eigenvalue weighted by Crippen LogP contribution is 2.32. The Morgan fingerprint density at radius 3 is 2.85 bits per heavy atom. The molecule has 0 aromatic carbocycles. The number of hydrogen-bond donors (Lipinski definition) is 1.